The SMILES string of the molecule is ClCC(Cc1ccccc1)NCC1Cc2ccccc2S1. The van der Waals surface area contributed by atoms with E-state index in [0.29, 0.717) is 17.2 Å². The van der Waals surface area contributed by atoms with E-state index in [-0.39, 0.29) is 0 Å². The highest BCUT2D eigenvalue weighted by molar-refractivity contribution is 8.00. The Kier molecular flexibility index (Phi) is 5.23. The predicted molar refractivity (Wildman–Crippen MR) is 92.4 cm³/mol. The molecule has 1 nitrogen and oxygen atoms in total. The Hall–Kier alpha value is -0.960. The first kappa shape index (κ1) is 15.0. The van der Waals surface area contributed by atoms with Gasteiger partial charge in [-0.05, 0) is 30.0 Å². The summed E-state index contributed by atoms with van der Waals surface area (Å²) in [5.74, 6) is 0.652. The van der Waals surface area contributed by atoms with Gasteiger partial charge < -0.3 is 5.32 Å². The van der Waals surface area contributed by atoms with Gasteiger partial charge in [0.15, 0.2) is 0 Å². The van der Waals surface area contributed by atoms with Gasteiger partial charge in [-0.2, -0.15) is 0 Å². The maximum absolute atomic E-state index is 6.12. The third-order valence-electron chi connectivity index (χ3n) is 3.86. The lowest BCUT2D eigenvalue weighted by Gasteiger charge is -2.18. The highest BCUT2D eigenvalue weighted by atomic mass is 35.5. The second kappa shape index (κ2) is 7.35. The maximum atomic E-state index is 6.12. The Morgan fingerprint density at radius 3 is 2.62 bits per heavy atom. The normalized spacial score (nSPS) is 18.4. The van der Waals surface area contributed by atoms with Crippen LogP contribution in [0.4, 0.5) is 0 Å². The van der Waals surface area contributed by atoms with E-state index >= 15 is 0 Å². The van der Waals surface area contributed by atoms with Crippen LogP contribution in [-0.4, -0.2) is 23.7 Å². The first-order valence-corrected chi connectivity index (χ1v) is 8.84. The van der Waals surface area contributed by atoms with Gasteiger partial charge in [-0.1, -0.05) is 48.5 Å². The van der Waals surface area contributed by atoms with E-state index in [1.807, 2.05) is 11.8 Å². The summed E-state index contributed by atoms with van der Waals surface area (Å²) in [7, 11) is 0. The van der Waals surface area contributed by atoms with Crippen molar-refractivity contribution in [2.24, 2.45) is 0 Å². The van der Waals surface area contributed by atoms with E-state index in [9.17, 15) is 0 Å². The van der Waals surface area contributed by atoms with Crippen molar-refractivity contribution in [3.63, 3.8) is 0 Å². The van der Waals surface area contributed by atoms with Crippen LogP contribution in [-0.2, 0) is 12.8 Å². The van der Waals surface area contributed by atoms with Crippen molar-refractivity contribution in [1.82, 2.24) is 5.32 Å². The fourth-order valence-corrected chi connectivity index (χ4v) is 4.23. The molecule has 0 saturated heterocycles. The van der Waals surface area contributed by atoms with Gasteiger partial charge in [0, 0.05) is 28.6 Å². The minimum absolute atomic E-state index is 0.346. The number of benzene rings is 2. The monoisotopic (exact) mass is 317 g/mol. The zero-order chi connectivity index (χ0) is 14.5. The Morgan fingerprint density at radius 1 is 1.10 bits per heavy atom. The minimum atomic E-state index is 0.346. The molecule has 3 heteroatoms. The Labute approximate surface area is 136 Å². The van der Waals surface area contributed by atoms with Gasteiger partial charge in [0.2, 0.25) is 0 Å². The predicted octanol–water partition coefficient (Wildman–Crippen LogP) is 4.14. The zero-order valence-electron chi connectivity index (χ0n) is 12.0. The van der Waals surface area contributed by atoms with Crippen molar-refractivity contribution < 1.29 is 0 Å². The Morgan fingerprint density at radius 2 is 1.86 bits per heavy atom. The second-order valence-electron chi connectivity index (χ2n) is 5.50. The van der Waals surface area contributed by atoms with Crippen LogP contribution in [0.15, 0.2) is 59.5 Å². The van der Waals surface area contributed by atoms with E-state index < -0.39 is 0 Å². The first-order valence-electron chi connectivity index (χ1n) is 7.43. The Balaban J connectivity index is 1.50. The lowest BCUT2D eigenvalue weighted by atomic mass is 10.1. The van der Waals surface area contributed by atoms with E-state index in [2.05, 4.69) is 59.9 Å². The summed E-state index contributed by atoms with van der Waals surface area (Å²) >= 11 is 8.11. The van der Waals surface area contributed by atoms with Gasteiger partial charge in [-0.15, -0.1) is 23.4 Å². The number of nitrogens with one attached hydrogen (secondary N) is 1. The van der Waals surface area contributed by atoms with Crippen molar-refractivity contribution in [3.8, 4) is 0 Å². The van der Waals surface area contributed by atoms with Crippen LogP contribution in [0.2, 0.25) is 0 Å². The summed E-state index contributed by atoms with van der Waals surface area (Å²) in [4.78, 5) is 1.44. The molecule has 110 valence electrons. The van der Waals surface area contributed by atoms with Crippen molar-refractivity contribution >= 4 is 23.4 Å². The molecule has 0 aliphatic carbocycles. The van der Waals surface area contributed by atoms with Crippen molar-refractivity contribution in [3.05, 3.63) is 65.7 Å². The van der Waals surface area contributed by atoms with Gasteiger partial charge in [-0.3, -0.25) is 0 Å². The van der Waals surface area contributed by atoms with Crippen LogP contribution in [0, 0.1) is 0 Å². The summed E-state index contributed by atoms with van der Waals surface area (Å²) in [6.07, 6.45) is 2.16. The van der Waals surface area contributed by atoms with E-state index in [1.54, 1.807) is 0 Å². The molecule has 1 aliphatic rings. The Bertz CT molecular complexity index is 547. The maximum Gasteiger partial charge on any atom is 0.0380 e. The molecule has 0 spiro atoms. The fraction of sp³-hybridized carbons (Fsp3) is 0.333. The number of fused-ring (bicyclic) bond motifs is 1. The van der Waals surface area contributed by atoms with E-state index in [4.69, 9.17) is 11.6 Å². The molecule has 1 aliphatic heterocycles. The standard InChI is InChI=1S/C18H20ClNS/c19-12-16(10-14-6-2-1-3-7-14)20-13-17-11-15-8-4-5-9-18(15)21-17/h1-9,16-17,20H,10-13H2. The van der Waals surface area contributed by atoms with E-state index in [0.717, 1.165) is 19.4 Å². The molecule has 0 bridgehead atoms. The lowest BCUT2D eigenvalue weighted by Crippen LogP contribution is -2.37. The minimum Gasteiger partial charge on any atom is -0.311 e. The van der Waals surface area contributed by atoms with Crippen LogP contribution in [0.5, 0.6) is 0 Å². The summed E-state index contributed by atoms with van der Waals surface area (Å²) in [5, 5.41) is 4.27. The number of thioether (sulfide) groups is 1. The molecular formula is C18H20ClNS. The largest absolute Gasteiger partial charge is 0.311 e. The quantitative estimate of drug-likeness (QED) is 0.804. The second-order valence-corrected chi connectivity index (χ2v) is 7.15. The molecule has 1 heterocycles. The van der Waals surface area contributed by atoms with Crippen LogP contribution in [0.1, 0.15) is 11.1 Å². The molecule has 0 aromatic heterocycles. The molecule has 2 atom stereocenters. The molecule has 0 radical (unpaired) electrons. The summed E-state index contributed by atoms with van der Waals surface area (Å²) in [6, 6.07) is 19.6. The van der Waals surface area contributed by atoms with Crippen LogP contribution < -0.4 is 5.32 Å². The van der Waals surface area contributed by atoms with Crippen molar-refractivity contribution in [2.75, 3.05) is 12.4 Å². The number of hydrogen-bond acceptors (Lipinski definition) is 2. The zero-order valence-corrected chi connectivity index (χ0v) is 13.5. The van der Waals surface area contributed by atoms with Crippen molar-refractivity contribution in [1.29, 1.82) is 0 Å². The summed E-state index contributed by atoms with van der Waals surface area (Å²) < 4.78 is 0. The van der Waals surface area contributed by atoms with Crippen LogP contribution in [0.3, 0.4) is 0 Å². The van der Waals surface area contributed by atoms with Crippen LogP contribution >= 0.6 is 23.4 Å². The number of alkyl halides is 1. The first-order chi connectivity index (χ1) is 10.3. The third kappa shape index (κ3) is 4.03. The molecule has 2 unspecified atom stereocenters. The van der Waals surface area contributed by atoms with Crippen LogP contribution in [0.25, 0.3) is 0 Å². The van der Waals surface area contributed by atoms with E-state index in [1.165, 1.54) is 16.0 Å². The van der Waals surface area contributed by atoms with Gasteiger partial charge in [0.05, 0.1) is 0 Å². The average Bonchev–Trinajstić information content (AvgIpc) is 2.95. The molecule has 2 aromatic rings. The molecular weight excluding hydrogens is 298 g/mol. The van der Waals surface area contributed by atoms with Gasteiger partial charge in [-0.25, -0.2) is 0 Å². The highest BCUT2D eigenvalue weighted by Gasteiger charge is 2.22. The number of halogens is 1. The third-order valence-corrected chi connectivity index (χ3v) is 5.55. The number of hydrogen-bond donors (Lipinski definition) is 1. The highest BCUT2D eigenvalue weighted by Crippen LogP contribution is 2.36. The lowest BCUT2D eigenvalue weighted by molar-refractivity contribution is 0.545. The van der Waals surface area contributed by atoms with Gasteiger partial charge in [0.1, 0.15) is 0 Å². The number of rotatable bonds is 6. The fourth-order valence-electron chi connectivity index (χ4n) is 2.75. The molecule has 0 saturated carbocycles. The molecule has 0 fully saturated rings. The van der Waals surface area contributed by atoms with Crippen molar-refractivity contribution in [2.45, 2.75) is 29.0 Å². The molecule has 1 N–H and O–H groups in total. The van der Waals surface area contributed by atoms with Gasteiger partial charge >= 0.3 is 0 Å². The smallest absolute Gasteiger partial charge is 0.0380 e. The average molecular weight is 318 g/mol. The summed E-state index contributed by atoms with van der Waals surface area (Å²) in [5.41, 5.74) is 2.83. The van der Waals surface area contributed by atoms with Gasteiger partial charge in [0.25, 0.3) is 0 Å². The topological polar surface area (TPSA) is 12.0 Å². The summed E-state index contributed by atoms with van der Waals surface area (Å²) in [6.45, 7) is 1.02. The molecule has 2 aromatic carbocycles. The molecule has 21 heavy (non-hydrogen) atoms. The molecule has 0 amide bonds. The molecule has 3 rings (SSSR count).